The number of benzene rings is 1. The van der Waals surface area contributed by atoms with Crippen molar-refractivity contribution in [3.63, 3.8) is 0 Å². The summed E-state index contributed by atoms with van der Waals surface area (Å²) in [6.45, 7) is 0. The number of ether oxygens (including phenoxy) is 1. The van der Waals surface area contributed by atoms with Gasteiger partial charge in [0.15, 0.2) is 0 Å². The van der Waals surface area contributed by atoms with E-state index in [2.05, 4.69) is 0 Å². The summed E-state index contributed by atoms with van der Waals surface area (Å²) in [5.74, 6) is 0.169. The summed E-state index contributed by atoms with van der Waals surface area (Å²) >= 11 is 0. The van der Waals surface area contributed by atoms with Crippen molar-refractivity contribution >= 4 is 5.69 Å². The lowest BCUT2D eigenvalue weighted by molar-refractivity contribution is -0.127. The van der Waals surface area contributed by atoms with Crippen molar-refractivity contribution in [2.45, 2.75) is 12.6 Å². The van der Waals surface area contributed by atoms with E-state index in [1.54, 1.807) is 0 Å². The van der Waals surface area contributed by atoms with Crippen LogP contribution in [0.3, 0.4) is 0 Å². The summed E-state index contributed by atoms with van der Waals surface area (Å²) < 4.78 is 41.0. The van der Waals surface area contributed by atoms with Crippen LogP contribution in [0.25, 0.3) is 0 Å². The quantitative estimate of drug-likeness (QED) is 0.752. The number of methoxy groups -OCH3 is 1. The Morgan fingerprint density at radius 1 is 1.36 bits per heavy atom. The van der Waals surface area contributed by atoms with Crippen molar-refractivity contribution in [3.05, 3.63) is 23.8 Å². The van der Waals surface area contributed by atoms with Crippen LogP contribution in [-0.2, 0) is 6.42 Å². The normalized spacial score (nSPS) is 11.4. The molecule has 0 atom stereocenters. The molecule has 1 rings (SSSR count). The molecule has 5 heteroatoms. The lowest BCUT2D eigenvalue weighted by atomic mass is 10.1. The van der Waals surface area contributed by atoms with Crippen molar-refractivity contribution < 1.29 is 17.9 Å². The van der Waals surface area contributed by atoms with E-state index < -0.39 is 12.6 Å². The molecule has 0 radical (unpaired) electrons. The Hall–Kier alpha value is -1.39. The second-order valence-corrected chi connectivity index (χ2v) is 2.86. The molecule has 0 aromatic heterocycles. The third kappa shape index (κ3) is 2.83. The van der Waals surface area contributed by atoms with Gasteiger partial charge in [-0.25, -0.2) is 0 Å². The van der Waals surface area contributed by atoms with Gasteiger partial charge in [0.25, 0.3) is 0 Å². The van der Waals surface area contributed by atoms with E-state index in [1.165, 1.54) is 25.3 Å². The first-order valence-electron chi connectivity index (χ1n) is 3.91. The standard InChI is InChI=1S/C9H10F3NO/c1-14-8-4-7(13)3-2-6(8)5-9(10,11)12/h2-4H,5,13H2,1H3. The molecule has 1 aromatic rings. The van der Waals surface area contributed by atoms with E-state index in [0.717, 1.165) is 0 Å². The fourth-order valence-corrected chi connectivity index (χ4v) is 1.12. The average Bonchev–Trinajstić information content (AvgIpc) is 2.06. The number of nitrogen functional groups attached to an aromatic ring is 1. The van der Waals surface area contributed by atoms with Crippen LogP contribution in [0.4, 0.5) is 18.9 Å². The molecule has 2 nitrogen and oxygen atoms in total. The second kappa shape index (κ2) is 3.77. The van der Waals surface area contributed by atoms with Crippen molar-refractivity contribution in [3.8, 4) is 5.75 Å². The van der Waals surface area contributed by atoms with Crippen LogP contribution >= 0.6 is 0 Å². The Morgan fingerprint density at radius 3 is 2.50 bits per heavy atom. The maximum Gasteiger partial charge on any atom is 0.393 e. The lowest BCUT2D eigenvalue weighted by Crippen LogP contribution is -2.12. The zero-order valence-electron chi connectivity index (χ0n) is 7.56. The Balaban J connectivity index is 2.97. The molecule has 78 valence electrons. The highest BCUT2D eigenvalue weighted by molar-refractivity contribution is 5.48. The predicted octanol–water partition coefficient (Wildman–Crippen LogP) is 2.38. The number of anilines is 1. The molecule has 0 amide bonds. The fourth-order valence-electron chi connectivity index (χ4n) is 1.12. The molecule has 0 heterocycles. The fraction of sp³-hybridized carbons (Fsp3) is 0.333. The summed E-state index contributed by atoms with van der Waals surface area (Å²) in [7, 11) is 1.31. The Morgan fingerprint density at radius 2 is 2.00 bits per heavy atom. The minimum absolute atomic E-state index is 0.0919. The van der Waals surface area contributed by atoms with Crippen molar-refractivity contribution in [2.24, 2.45) is 0 Å². The molecule has 0 aliphatic rings. The van der Waals surface area contributed by atoms with Crippen molar-refractivity contribution in [1.29, 1.82) is 0 Å². The first kappa shape index (κ1) is 10.7. The minimum Gasteiger partial charge on any atom is -0.496 e. The van der Waals surface area contributed by atoms with E-state index in [4.69, 9.17) is 10.5 Å². The highest BCUT2D eigenvalue weighted by Gasteiger charge is 2.29. The van der Waals surface area contributed by atoms with E-state index >= 15 is 0 Å². The van der Waals surface area contributed by atoms with E-state index in [0.29, 0.717) is 5.69 Å². The number of halogens is 3. The SMILES string of the molecule is COc1cc(N)ccc1CC(F)(F)F. The van der Waals surface area contributed by atoms with Gasteiger partial charge in [0, 0.05) is 17.3 Å². The minimum atomic E-state index is -4.23. The lowest BCUT2D eigenvalue weighted by Gasteiger charge is -2.11. The molecule has 0 spiro atoms. The molecule has 0 unspecified atom stereocenters. The van der Waals surface area contributed by atoms with Crippen molar-refractivity contribution in [1.82, 2.24) is 0 Å². The molecular formula is C9H10F3NO. The van der Waals surface area contributed by atoms with Gasteiger partial charge in [-0.05, 0) is 6.07 Å². The Kier molecular flexibility index (Phi) is 2.88. The number of hydrogen-bond acceptors (Lipinski definition) is 2. The summed E-state index contributed by atoms with van der Waals surface area (Å²) in [5.41, 5.74) is 5.88. The van der Waals surface area contributed by atoms with Gasteiger partial charge in [-0.3, -0.25) is 0 Å². The largest absolute Gasteiger partial charge is 0.496 e. The van der Waals surface area contributed by atoms with Gasteiger partial charge in [-0.2, -0.15) is 13.2 Å². The molecule has 0 aliphatic heterocycles. The van der Waals surface area contributed by atoms with E-state index in [1.807, 2.05) is 0 Å². The Bertz CT molecular complexity index is 322. The monoisotopic (exact) mass is 205 g/mol. The highest BCUT2D eigenvalue weighted by Crippen LogP contribution is 2.28. The molecule has 0 fully saturated rings. The average molecular weight is 205 g/mol. The van der Waals surface area contributed by atoms with Gasteiger partial charge in [0.1, 0.15) is 5.75 Å². The topological polar surface area (TPSA) is 35.2 Å². The first-order valence-corrected chi connectivity index (χ1v) is 3.91. The molecule has 0 saturated heterocycles. The molecule has 0 aliphatic carbocycles. The number of rotatable bonds is 2. The third-order valence-electron chi connectivity index (χ3n) is 1.70. The van der Waals surface area contributed by atoms with Crippen LogP contribution in [0.1, 0.15) is 5.56 Å². The van der Waals surface area contributed by atoms with Gasteiger partial charge >= 0.3 is 6.18 Å². The Labute approximate surface area is 79.5 Å². The summed E-state index contributed by atoms with van der Waals surface area (Å²) in [4.78, 5) is 0. The van der Waals surface area contributed by atoms with Crippen LogP contribution in [0.5, 0.6) is 5.75 Å². The van der Waals surface area contributed by atoms with Gasteiger partial charge in [-0.1, -0.05) is 6.07 Å². The number of hydrogen-bond donors (Lipinski definition) is 1. The number of nitrogens with two attached hydrogens (primary N) is 1. The van der Waals surface area contributed by atoms with Crippen LogP contribution < -0.4 is 10.5 Å². The zero-order chi connectivity index (χ0) is 10.8. The third-order valence-corrected chi connectivity index (χ3v) is 1.70. The van der Waals surface area contributed by atoms with Gasteiger partial charge in [0.05, 0.1) is 13.5 Å². The molecule has 0 saturated carbocycles. The van der Waals surface area contributed by atoms with Crippen LogP contribution in [0.2, 0.25) is 0 Å². The molecular weight excluding hydrogens is 195 g/mol. The van der Waals surface area contributed by atoms with E-state index in [-0.39, 0.29) is 11.3 Å². The predicted molar refractivity (Wildman–Crippen MR) is 47.2 cm³/mol. The zero-order valence-corrected chi connectivity index (χ0v) is 7.56. The molecule has 2 N–H and O–H groups in total. The molecule has 1 aromatic carbocycles. The molecule has 0 bridgehead atoms. The maximum absolute atomic E-state index is 12.1. The second-order valence-electron chi connectivity index (χ2n) is 2.86. The van der Waals surface area contributed by atoms with Crippen LogP contribution in [0, 0.1) is 0 Å². The number of alkyl halides is 3. The van der Waals surface area contributed by atoms with Gasteiger partial charge < -0.3 is 10.5 Å². The van der Waals surface area contributed by atoms with Crippen LogP contribution in [-0.4, -0.2) is 13.3 Å². The molecule has 14 heavy (non-hydrogen) atoms. The highest BCUT2D eigenvalue weighted by atomic mass is 19.4. The summed E-state index contributed by atoms with van der Waals surface area (Å²) in [6, 6.07) is 4.12. The summed E-state index contributed by atoms with van der Waals surface area (Å²) in [5, 5.41) is 0. The maximum atomic E-state index is 12.1. The van der Waals surface area contributed by atoms with Gasteiger partial charge in [0.2, 0.25) is 0 Å². The summed E-state index contributed by atoms with van der Waals surface area (Å²) in [6.07, 6.45) is -5.24. The van der Waals surface area contributed by atoms with Crippen LogP contribution in [0.15, 0.2) is 18.2 Å². The first-order chi connectivity index (χ1) is 6.42. The van der Waals surface area contributed by atoms with Gasteiger partial charge in [-0.15, -0.1) is 0 Å². The van der Waals surface area contributed by atoms with Crippen molar-refractivity contribution in [2.75, 3.05) is 12.8 Å². The van der Waals surface area contributed by atoms with E-state index in [9.17, 15) is 13.2 Å². The smallest absolute Gasteiger partial charge is 0.393 e.